The van der Waals surface area contributed by atoms with Crippen molar-refractivity contribution in [3.05, 3.63) is 40.4 Å². The van der Waals surface area contributed by atoms with Crippen LogP contribution in [0.4, 0.5) is 0 Å². The van der Waals surface area contributed by atoms with Crippen LogP contribution in [-0.2, 0) is 4.79 Å². The molecule has 0 spiro atoms. The zero-order valence-corrected chi connectivity index (χ0v) is 10.8. The van der Waals surface area contributed by atoms with Gasteiger partial charge in [-0.15, -0.1) is 0 Å². The van der Waals surface area contributed by atoms with Crippen LogP contribution in [0, 0.1) is 0 Å². The molecular formula is C12H11BrO4. The minimum atomic E-state index is -1.48. The number of ketones is 1. The molecule has 5 heteroatoms. The van der Waals surface area contributed by atoms with Crippen LogP contribution < -0.4 is 4.74 Å². The SMILES string of the molecule is C=C(C)COc1ccc(C(=O)C(=O)O)cc1Br. The quantitative estimate of drug-likeness (QED) is 0.516. The van der Waals surface area contributed by atoms with Gasteiger partial charge in [-0.3, -0.25) is 4.79 Å². The topological polar surface area (TPSA) is 63.6 Å². The Morgan fingerprint density at radius 1 is 1.47 bits per heavy atom. The fourth-order valence-corrected chi connectivity index (χ4v) is 1.58. The van der Waals surface area contributed by atoms with Gasteiger partial charge in [-0.2, -0.15) is 0 Å². The highest BCUT2D eigenvalue weighted by Gasteiger charge is 2.15. The molecule has 0 amide bonds. The van der Waals surface area contributed by atoms with Crippen molar-refractivity contribution in [2.24, 2.45) is 0 Å². The number of carbonyl (C=O) groups is 2. The van der Waals surface area contributed by atoms with Crippen molar-refractivity contribution in [2.45, 2.75) is 6.92 Å². The van der Waals surface area contributed by atoms with Crippen LogP contribution in [0.25, 0.3) is 0 Å². The maximum Gasteiger partial charge on any atom is 0.377 e. The Hall–Kier alpha value is -1.62. The van der Waals surface area contributed by atoms with Crippen molar-refractivity contribution in [3.63, 3.8) is 0 Å². The second kappa shape index (κ2) is 5.63. The molecule has 0 fully saturated rings. The Kier molecular flexibility index (Phi) is 4.45. The van der Waals surface area contributed by atoms with Crippen molar-refractivity contribution in [1.82, 2.24) is 0 Å². The van der Waals surface area contributed by atoms with E-state index in [2.05, 4.69) is 22.5 Å². The minimum absolute atomic E-state index is 0.104. The van der Waals surface area contributed by atoms with Gasteiger partial charge in [0.05, 0.1) is 4.47 Å². The molecule has 1 rings (SSSR count). The predicted molar refractivity (Wildman–Crippen MR) is 66.4 cm³/mol. The summed E-state index contributed by atoms with van der Waals surface area (Å²) in [6, 6.07) is 4.38. The van der Waals surface area contributed by atoms with Gasteiger partial charge in [-0.1, -0.05) is 6.58 Å². The highest BCUT2D eigenvalue weighted by atomic mass is 79.9. The van der Waals surface area contributed by atoms with E-state index >= 15 is 0 Å². The maximum absolute atomic E-state index is 11.2. The number of rotatable bonds is 5. The summed E-state index contributed by atoms with van der Waals surface area (Å²) in [6.45, 7) is 5.89. The third-order valence-electron chi connectivity index (χ3n) is 1.86. The summed E-state index contributed by atoms with van der Waals surface area (Å²) in [6.07, 6.45) is 0. The molecule has 0 aromatic heterocycles. The van der Waals surface area contributed by atoms with Gasteiger partial charge in [0.25, 0.3) is 5.78 Å². The first-order chi connectivity index (χ1) is 7.91. The largest absolute Gasteiger partial charge is 0.488 e. The van der Waals surface area contributed by atoms with Crippen LogP contribution in [-0.4, -0.2) is 23.5 Å². The number of aliphatic carboxylic acids is 1. The lowest BCUT2D eigenvalue weighted by atomic mass is 10.1. The van der Waals surface area contributed by atoms with Crippen LogP contribution in [0.5, 0.6) is 5.75 Å². The molecule has 0 aliphatic heterocycles. The standard InChI is InChI=1S/C12H11BrO4/c1-7(2)6-17-10-4-3-8(5-9(10)13)11(14)12(15)16/h3-5H,1,6H2,2H3,(H,15,16). The van der Waals surface area contributed by atoms with Crippen LogP contribution >= 0.6 is 15.9 Å². The fraction of sp³-hybridized carbons (Fsp3) is 0.167. The summed E-state index contributed by atoms with van der Waals surface area (Å²) in [5.41, 5.74) is 0.967. The Bertz CT molecular complexity index is 479. The van der Waals surface area contributed by atoms with Gasteiger partial charge >= 0.3 is 5.97 Å². The van der Waals surface area contributed by atoms with E-state index in [1.807, 2.05) is 6.92 Å². The van der Waals surface area contributed by atoms with Gasteiger partial charge in [0, 0.05) is 5.56 Å². The summed E-state index contributed by atoms with van der Waals surface area (Å²) in [5, 5.41) is 8.56. The molecule has 0 aliphatic carbocycles. The van der Waals surface area contributed by atoms with E-state index in [-0.39, 0.29) is 5.56 Å². The summed E-state index contributed by atoms with van der Waals surface area (Å²) < 4.78 is 5.92. The molecule has 17 heavy (non-hydrogen) atoms. The Balaban J connectivity index is 2.90. The lowest BCUT2D eigenvalue weighted by Gasteiger charge is -2.08. The monoisotopic (exact) mass is 298 g/mol. The number of hydrogen-bond acceptors (Lipinski definition) is 3. The highest BCUT2D eigenvalue weighted by molar-refractivity contribution is 9.10. The van der Waals surface area contributed by atoms with Crippen LogP contribution in [0.1, 0.15) is 17.3 Å². The number of Topliss-reactive ketones (excluding diaryl/α,β-unsaturated/α-hetero) is 1. The summed E-state index contributed by atoms with van der Waals surface area (Å²) >= 11 is 3.21. The van der Waals surface area contributed by atoms with Gasteiger partial charge in [0.1, 0.15) is 12.4 Å². The summed E-state index contributed by atoms with van der Waals surface area (Å²) in [5.74, 6) is -1.89. The van der Waals surface area contributed by atoms with Crippen molar-refractivity contribution < 1.29 is 19.4 Å². The fourth-order valence-electron chi connectivity index (χ4n) is 1.08. The number of carboxylic acid groups (broad SMARTS) is 1. The molecule has 4 nitrogen and oxygen atoms in total. The van der Waals surface area contributed by atoms with Crippen LogP contribution in [0.2, 0.25) is 0 Å². The molecule has 0 bridgehead atoms. The Morgan fingerprint density at radius 3 is 2.59 bits per heavy atom. The Morgan fingerprint density at radius 2 is 2.12 bits per heavy atom. The van der Waals surface area contributed by atoms with Crippen LogP contribution in [0.3, 0.4) is 0 Å². The molecule has 0 saturated heterocycles. The zero-order valence-electron chi connectivity index (χ0n) is 9.20. The first kappa shape index (κ1) is 13.4. The molecule has 0 radical (unpaired) electrons. The first-order valence-electron chi connectivity index (χ1n) is 4.76. The van der Waals surface area contributed by atoms with E-state index in [1.165, 1.54) is 12.1 Å². The van der Waals surface area contributed by atoms with Gasteiger partial charge in [0.15, 0.2) is 0 Å². The van der Waals surface area contributed by atoms with E-state index in [9.17, 15) is 9.59 Å². The predicted octanol–water partition coefficient (Wildman–Crippen LogP) is 2.67. The number of carbonyl (C=O) groups excluding carboxylic acids is 1. The third kappa shape index (κ3) is 3.71. The maximum atomic E-state index is 11.2. The number of ether oxygens (including phenoxy) is 1. The number of hydrogen-bond donors (Lipinski definition) is 1. The molecule has 0 saturated carbocycles. The van der Waals surface area contributed by atoms with Gasteiger partial charge < -0.3 is 9.84 Å². The van der Waals surface area contributed by atoms with Crippen molar-refractivity contribution in [1.29, 1.82) is 0 Å². The van der Waals surface area contributed by atoms with E-state index < -0.39 is 11.8 Å². The number of benzene rings is 1. The average Bonchev–Trinajstić information content (AvgIpc) is 2.26. The normalized spacial score (nSPS) is 9.76. The molecule has 1 aromatic rings. The van der Waals surface area contributed by atoms with Gasteiger partial charge in [-0.25, -0.2) is 4.79 Å². The van der Waals surface area contributed by atoms with Crippen molar-refractivity contribution in [2.75, 3.05) is 6.61 Å². The number of carboxylic acids is 1. The lowest BCUT2D eigenvalue weighted by molar-refractivity contribution is -0.131. The lowest BCUT2D eigenvalue weighted by Crippen LogP contribution is -2.12. The molecular weight excluding hydrogens is 288 g/mol. The zero-order chi connectivity index (χ0) is 13.0. The molecule has 1 aromatic carbocycles. The van der Waals surface area contributed by atoms with E-state index in [1.54, 1.807) is 6.07 Å². The Labute approximate surface area is 107 Å². The molecule has 0 aliphatic rings. The van der Waals surface area contributed by atoms with E-state index in [4.69, 9.17) is 9.84 Å². The van der Waals surface area contributed by atoms with Crippen LogP contribution in [0.15, 0.2) is 34.8 Å². The van der Waals surface area contributed by atoms with Gasteiger partial charge in [-0.05, 0) is 46.6 Å². The van der Waals surface area contributed by atoms with E-state index in [0.717, 1.165) is 5.57 Å². The molecule has 90 valence electrons. The molecule has 1 N–H and O–H groups in total. The first-order valence-corrected chi connectivity index (χ1v) is 5.55. The second-order valence-electron chi connectivity index (χ2n) is 3.53. The third-order valence-corrected chi connectivity index (χ3v) is 2.48. The molecule has 0 atom stereocenters. The minimum Gasteiger partial charge on any atom is -0.488 e. The highest BCUT2D eigenvalue weighted by Crippen LogP contribution is 2.26. The van der Waals surface area contributed by atoms with Crippen molar-refractivity contribution in [3.8, 4) is 5.75 Å². The smallest absolute Gasteiger partial charge is 0.377 e. The second-order valence-corrected chi connectivity index (χ2v) is 4.38. The molecule has 0 unspecified atom stereocenters. The van der Waals surface area contributed by atoms with E-state index in [0.29, 0.717) is 16.8 Å². The number of halogens is 1. The van der Waals surface area contributed by atoms with Gasteiger partial charge in [0.2, 0.25) is 0 Å². The van der Waals surface area contributed by atoms with Crippen molar-refractivity contribution >= 4 is 27.7 Å². The summed E-state index contributed by atoms with van der Waals surface area (Å²) in [7, 11) is 0. The molecule has 0 heterocycles. The summed E-state index contributed by atoms with van der Waals surface area (Å²) in [4.78, 5) is 21.7. The average molecular weight is 299 g/mol.